The summed E-state index contributed by atoms with van der Waals surface area (Å²) in [5.74, 6) is 0.486. The van der Waals surface area contributed by atoms with Crippen LogP contribution < -0.4 is 21.1 Å². The van der Waals surface area contributed by atoms with Crippen molar-refractivity contribution < 1.29 is 19.4 Å². The fourth-order valence-electron chi connectivity index (χ4n) is 3.15. The van der Waals surface area contributed by atoms with Crippen LogP contribution in [0.1, 0.15) is 36.0 Å². The van der Waals surface area contributed by atoms with Crippen molar-refractivity contribution in [3.63, 3.8) is 0 Å². The first kappa shape index (κ1) is 19.2. The van der Waals surface area contributed by atoms with E-state index >= 15 is 0 Å². The van der Waals surface area contributed by atoms with Crippen molar-refractivity contribution in [1.29, 1.82) is 0 Å². The van der Waals surface area contributed by atoms with Gasteiger partial charge in [0.15, 0.2) is 0 Å². The number of carbonyl (C=O) groups is 2. The molecule has 2 aromatic rings. The van der Waals surface area contributed by atoms with Crippen LogP contribution >= 0.6 is 11.3 Å². The maximum absolute atomic E-state index is 12.8. The van der Waals surface area contributed by atoms with Gasteiger partial charge in [-0.25, -0.2) is 4.79 Å². The topological polar surface area (TPSA) is 114 Å². The van der Waals surface area contributed by atoms with Gasteiger partial charge in [0.2, 0.25) is 0 Å². The van der Waals surface area contributed by atoms with Gasteiger partial charge in [0, 0.05) is 10.9 Å². The lowest BCUT2D eigenvalue weighted by Gasteiger charge is -2.26. The van der Waals surface area contributed by atoms with Crippen molar-refractivity contribution in [2.24, 2.45) is 5.73 Å². The van der Waals surface area contributed by atoms with Gasteiger partial charge in [0.05, 0.1) is 18.8 Å². The zero-order valence-electron chi connectivity index (χ0n) is 15.0. The van der Waals surface area contributed by atoms with E-state index in [2.05, 4.69) is 10.6 Å². The molecule has 1 aromatic carbocycles. The van der Waals surface area contributed by atoms with Gasteiger partial charge in [-0.15, -0.1) is 11.3 Å². The summed E-state index contributed by atoms with van der Waals surface area (Å²) in [6, 6.07) is 8.52. The lowest BCUT2D eigenvalue weighted by Crippen LogP contribution is -2.38. The standard InChI is InChI=1S/C19H23N3O4S/c1-26-14-8-2-11(3-9-14)16-10-15(18(27-16)22-19(20)25)17(24)21-12-4-6-13(23)7-5-12/h2-3,8-10,12-13,23H,4-7H2,1H3,(H,21,24)(H3,20,22,25). The van der Waals surface area contributed by atoms with Crippen molar-refractivity contribution in [3.8, 4) is 16.2 Å². The van der Waals surface area contributed by atoms with Crippen LogP contribution in [0, 0.1) is 0 Å². The van der Waals surface area contributed by atoms with Crippen LogP contribution in [0.3, 0.4) is 0 Å². The normalized spacial score (nSPS) is 19.3. The molecule has 1 fully saturated rings. The summed E-state index contributed by atoms with van der Waals surface area (Å²) >= 11 is 1.29. The molecule has 0 atom stereocenters. The monoisotopic (exact) mass is 389 g/mol. The van der Waals surface area contributed by atoms with Crippen molar-refractivity contribution >= 4 is 28.3 Å². The first-order valence-corrected chi connectivity index (χ1v) is 9.61. The molecule has 8 heteroatoms. The van der Waals surface area contributed by atoms with E-state index in [9.17, 15) is 14.7 Å². The van der Waals surface area contributed by atoms with E-state index in [0.29, 0.717) is 23.4 Å². The Morgan fingerprint density at radius 3 is 2.44 bits per heavy atom. The number of benzene rings is 1. The molecule has 144 valence electrons. The van der Waals surface area contributed by atoms with Crippen LogP contribution in [0.25, 0.3) is 10.4 Å². The highest BCUT2D eigenvalue weighted by atomic mass is 32.1. The molecule has 5 N–H and O–H groups in total. The van der Waals surface area contributed by atoms with Crippen molar-refractivity contribution in [2.45, 2.75) is 37.8 Å². The number of methoxy groups -OCH3 is 1. The SMILES string of the molecule is COc1ccc(-c2cc(C(=O)NC3CCC(O)CC3)c(NC(N)=O)s2)cc1. The lowest BCUT2D eigenvalue weighted by molar-refractivity contribution is 0.0869. The second kappa shape index (κ2) is 8.41. The Morgan fingerprint density at radius 2 is 1.85 bits per heavy atom. The number of hydrogen-bond donors (Lipinski definition) is 4. The van der Waals surface area contributed by atoms with Crippen LogP contribution in [0.15, 0.2) is 30.3 Å². The highest BCUT2D eigenvalue weighted by molar-refractivity contribution is 7.20. The third-order valence-corrected chi connectivity index (χ3v) is 5.72. The minimum Gasteiger partial charge on any atom is -0.497 e. The van der Waals surface area contributed by atoms with Crippen molar-refractivity contribution in [3.05, 3.63) is 35.9 Å². The number of anilines is 1. The molecule has 1 aliphatic carbocycles. The highest BCUT2D eigenvalue weighted by Crippen LogP contribution is 2.36. The number of carbonyl (C=O) groups excluding carboxylic acids is 2. The molecule has 0 bridgehead atoms. The number of hydrogen-bond acceptors (Lipinski definition) is 5. The summed E-state index contributed by atoms with van der Waals surface area (Å²) in [7, 11) is 1.60. The molecule has 0 unspecified atom stereocenters. The first-order valence-electron chi connectivity index (χ1n) is 8.80. The average molecular weight is 389 g/mol. The number of aliphatic hydroxyl groups excluding tert-OH is 1. The summed E-state index contributed by atoms with van der Waals surface area (Å²) in [6.07, 6.45) is 2.55. The molecular formula is C19H23N3O4S. The molecule has 1 aliphatic rings. The Hall–Kier alpha value is -2.58. The average Bonchev–Trinajstić information content (AvgIpc) is 3.07. The number of thiophene rings is 1. The summed E-state index contributed by atoms with van der Waals surface area (Å²) in [5.41, 5.74) is 6.55. The number of rotatable bonds is 5. The van der Waals surface area contributed by atoms with E-state index in [1.54, 1.807) is 13.2 Å². The molecule has 0 aliphatic heterocycles. The van der Waals surface area contributed by atoms with Gasteiger partial charge in [0.1, 0.15) is 10.8 Å². The van der Waals surface area contributed by atoms with Crippen LogP contribution in [0.2, 0.25) is 0 Å². The van der Waals surface area contributed by atoms with Crippen molar-refractivity contribution in [1.82, 2.24) is 5.32 Å². The largest absolute Gasteiger partial charge is 0.497 e. The maximum atomic E-state index is 12.8. The second-order valence-corrected chi connectivity index (χ2v) is 7.60. The van der Waals surface area contributed by atoms with Crippen LogP contribution in [-0.2, 0) is 0 Å². The first-order chi connectivity index (χ1) is 13.0. The fourth-order valence-corrected chi connectivity index (χ4v) is 4.21. The molecular weight excluding hydrogens is 366 g/mol. The van der Waals surface area contributed by atoms with Crippen LogP contribution in [-0.4, -0.2) is 36.3 Å². The molecule has 1 saturated carbocycles. The number of urea groups is 1. The molecule has 0 spiro atoms. The van der Waals surface area contributed by atoms with Gasteiger partial charge in [-0.1, -0.05) is 0 Å². The van der Waals surface area contributed by atoms with Gasteiger partial charge in [-0.2, -0.15) is 0 Å². The smallest absolute Gasteiger partial charge is 0.317 e. The van der Waals surface area contributed by atoms with E-state index in [-0.39, 0.29) is 18.1 Å². The minimum atomic E-state index is -0.715. The number of amides is 3. The van der Waals surface area contributed by atoms with Crippen LogP contribution in [0.5, 0.6) is 5.75 Å². The van der Waals surface area contributed by atoms with Gasteiger partial charge < -0.3 is 20.9 Å². The van der Waals surface area contributed by atoms with E-state index in [0.717, 1.165) is 29.0 Å². The Bertz CT molecular complexity index is 811. The predicted molar refractivity (Wildman–Crippen MR) is 105 cm³/mol. The zero-order valence-corrected chi connectivity index (χ0v) is 15.8. The summed E-state index contributed by atoms with van der Waals surface area (Å²) < 4.78 is 5.16. The van der Waals surface area contributed by atoms with E-state index in [1.807, 2.05) is 24.3 Å². The molecule has 0 saturated heterocycles. The Kier molecular flexibility index (Phi) is 5.98. The lowest BCUT2D eigenvalue weighted by atomic mass is 9.93. The van der Waals surface area contributed by atoms with E-state index in [4.69, 9.17) is 10.5 Å². The number of nitrogens with one attached hydrogen (secondary N) is 2. The third-order valence-electron chi connectivity index (χ3n) is 4.62. The summed E-state index contributed by atoms with van der Waals surface area (Å²) in [5, 5.41) is 15.6. The number of aliphatic hydroxyl groups is 1. The number of primary amides is 1. The summed E-state index contributed by atoms with van der Waals surface area (Å²) in [4.78, 5) is 24.9. The van der Waals surface area contributed by atoms with Gasteiger partial charge in [-0.3, -0.25) is 10.1 Å². The molecule has 3 rings (SSSR count). The molecule has 27 heavy (non-hydrogen) atoms. The minimum absolute atomic E-state index is 0.0201. The molecule has 0 radical (unpaired) electrons. The molecule has 1 heterocycles. The third kappa shape index (κ3) is 4.78. The van der Waals surface area contributed by atoms with E-state index in [1.165, 1.54) is 11.3 Å². The quantitative estimate of drug-likeness (QED) is 0.629. The number of nitrogens with two attached hydrogens (primary N) is 1. The molecule has 1 aromatic heterocycles. The zero-order chi connectivity index (χ0) is 19.4. The second-order valence-electron chi connectivity index (χ2n) is 6.55. The maximum Gasteiger partial charge on any atom is 0.317 e. The van der Waals surface area contributed by atoms with Crippen molar-refractivity contribution in [2.75, 3.05) is 12.4 Å². The van der Waals surface area contributed by atoms with E-state index < -0.39 is 6.03 Å². The Labute approximate surface area is 161 Å². The van der Waals surface area contributed by atoms with Gasteiger partial charge in [-0.05, 0) is 61.6 Å². The number of ether oxygens (including phenoxy) is 1. The highest BCUT2D eigenvalue weighted by Gasteiger charge is 2.24. The van der Waals surface area contributed by atoms with Crippen LogP contribution in [0.4, 0.5) is 9.80 Å². The summed E-state index contributed by atoms with van der Waals surface area (Å²) in [6.45, 7) is 0. The molecule has 3 amide bonds. The predicted octanol–water partition coefficient (Wildman–Crippen LogP) is 2.95. The van der Waals surface area contributed by atoms with Gasteiger partial charge in [0.25, 0.3) is 5.91 Å². The molecule has 7 nitrogen and oxygen atoms in total. The fraction of sp³-hybridized carbons (Fsp3) is 0.368. The van der Waals surface area contributed by atoms with Gasteiger partial charge >= 0.3 is 6.03 Å². The Morgan fingerprint density at radius 1 is 1.19 bits per heavy atom. The Balaban J connectivity index is 1.82.